The van der Waals surface area contributed by atoms with Gasteiger partial charge in [-0.15, -0.1) is 0 Å². The van der Waals surface area contributed by atoms with Gasteiger partial charge in [-0.3, -0.25) is 19.2 Å². The van der Waals surface area contributed by atoms with E-state index < -0.39 is 11.9 Å². The highest BCUT2D eigenvalue weighted by atomic mass is 16.5. The SMILES string of the molecule is Cc1ccc(C)c(N2C[C@H](C(=O)Oc3cccc(N4C(=O)[C@@H]5[C@H]6CC[C@@H](C6)[C@H]5C4=O)c3)CC2=O)c1. The maximum absolute atomic E-state index is 13.1. The van der Waals surface area contributed by atoms with Gasteiger partial charge in [0.25, 0.3) is 0 Å². The van der Waals surface area contributed by atoms with Gasteiger partial charge in [0.05, 0.1) is 23.4 Å². The van der Waals surface area contributed by atoms with Crippen molar-refractivity contribution in [2.45, 2.75) is 39.5 Å². The van der Waals surface area contributed by atoms with Crippen LogP contribution in [0.1, 0.15) is 36.8 Å². The molecule has 2 aromatic carbocycles. The van der Waals surface area contributed by atoms with Gasteiger partial charge >= 0.3 is 5.97 Å². The van der Waals surface area contributed by atoms with Crippen molar-refractivity contribution in [3.63, 3.8) is 0 Å². The topological polar surface area (TPSA) is 84.0 Å². The molecular weight excluding hydrogens is 444 g/mol. The van der Waals surface area contributed by atoms with Crippen LogP contribution in [-0.2, 0) is 19.2 Å². The molecule has 4 aliphatic rings. The van der Waals surface area contributed by atoms with Crippen molar-refractivity contribution in [3.05, 3.63) is 53.6 Å². The highest BCUT2D eigenvalue weighted by Gasteiger charge is 2.61. The van der Waals surface area contributed by atoms with E-state index in [1.807, 2.05) is 32.0 Å². The van der Waals surface area contributed by atoms with E-state index in [2.05, 4.69) is 0 Å². The number of hydrogen-bond acceptors (Lipinski definition) is 5. The minimum atomic E-state index is -0.587. The molecule has 0 spiro atoms. The summed E-state index contributed by atoms with van der Waals surface area (Å²) in [6.45, 7) is 4.17. The molecule has 3 amide bonds. The number of nitrogens with zero attached hydrogens (tertiary/aromatic N) is 2. The van der Waals surface area contributed by atoms with E-state index in [9.17, 15) is 19.2 Å². The number of amides is 3. The van der Waals surface area contributed by atoms with Crippen LogP contribution in [-0.4, -0.2) is 30.2 Å². The van der Waals surface area contributed by atoms with Gasteiger partial charge in [-0.1, -0.05) is 18.2 Å². The number of carbonyl (C=O) groups excluding carboxylic acids is 4. The van der Waals surface area contributed by atoms with Crippen molar-refractivity contribution in [1.29, 1.82) is 0 Å². The zero-order chi connectivity index (χ0) is 24.4. The van der Waals surface area contributed by atoms with Gasteiger partial charge in [0.2, 0.25) is 17.7 Å². The van der Waals surface area contributed by atoms with Crippen molar-refractivity contribution in [2.24, 2.45) is 29.6 Å². The van der Waals surface area contributed by atoms with Crippen molar-refractivity contribution < 1.29 is 23.9 Å². The second-order valence-corrected chi connectivity index (χ2v) is 10.5. The number of hydrogen-bond donors (Lipinski definition) is 0. The summed E-state index contributed by atoms with van der Waals surface area (Å²) in [5, 5.41) is 0. The van der Waals surface area contributed by atoms with Gasteiger partial charge in [-0.25, -0.2) is 4.90 Å². The fraction of sp³-hybridized carbons (Fsp3) is 0.429. The summed E-state index contributed by atoms with van der Waals surface area (Å²) < 4.78 is 5.64. The van der Waals surface area contributed by atoms with Gasteiger partial charge in [0.15, 0.2) is 0 Å². The number of rotatable bonds is 4. The maximum Gasteiger partial charge on any atom is 0.316 e. The van der Waals surface area contributed by atoms with Crippen LogP contribution in [0, 0.1) is 43.4 Å². The molecule has 2 saturated heterocycles. The quantitative estimate of drug-likeness (QED) is 0.384. The largest absolute Gasteiger partial charge is 0.426 e. The zero-order valence-electron chi connectivity index (χ0n) is 19.9. The Balaban J connectivity index is 1.17. The third-order valence-electron chi connectivity index (χ3n) is 8.34. The summed E-state index contributed by atoms with van der Waals surface area (Å²) in [4.78, 5) is 54.9. The lowest BCUT2D eigenvalue weighted by Gasteiger charge is -2.20. The number of anilines is 2. The Labute approximate surface area is 204 Å². The van der Waals surface area contributed by atoms with Crippen LogP contribution in [0.5, 0.6) is 5.75 Å². The molecule has 2 aliphatic carbocycles. The number of benzene rings is 2. The molecule has 0 radical (unpaired) electrons. The van der Waals surface area contributed by atoms with Crippen LogP contribution in [0.15, 0.2) is 42.5 Å². The number of aryl methyl sites for hydroxylation is 2. The molecule has 35 heavy (non-hydrogen) atoms. The first-order chi connectivity index (χ1) is 16.8. The van der Waals surface area contributed by atoms with Crippen LogP contribution in [0.2, 0.25) is 0 Å². The van der Waals surface area contributed by atoms with Crippen LogP contribution >= 0.6 is 0 Å². The molecular formula is C28H28N2O5. The van der Waals surface area contributed by atoms with E-state index in [1.54, 1.807) is 29.2 Å². The predicted molar refractivity (Wildman–Crippen MR) is 129 cm³/mol. The highest BCUT2D eigenvalue weighted by Crippen LogP contribution is 2.56. The summed E-state index contributed by atoms with van der Waals surface area (Å²) in [6.07, 6.45) is 3.11. The molecule has 0 N–H and O–H groups in total. The Morgan fingerprint density at radius 1 is 0.943 bits per heavy atom. The molecule has 7 heteroatoms. The molecule has 2 bridgehead atoms. The second-order valence-electron chi connectivity index (χ2n) is 10.5. The van der Waals surface area contributed by atoms with Gasteiger partial charge in [0, 0.05) is 24.7 Å². The summed E-state index contributed by atoms with van der Waals surface area (Å²) in [7, 11) is 0. The van der Waals surface area contributed by atoms with E-state index in [-0.39, 0.29) is 48.3 Å². The summed E-state index contributed by atoms with van der Waals surface area (Å²) in [6, 6.07) is 12.5. The van der Waals surface area contributed by atoms with Gasteiger partial charge in [0.1, 0.15) is 5.75 Å². The number of imide groups is 1. The van der Waals surface area contributed by atoms with E-state index in [0.29, 0.717) is 17.5 Å². The maximum atomic E-state index is 13.1. The lowest BCUT2D eigenvalue weighted by atomic mass is 9.81. The van der Waals surface area contributed by atoms with Crippen molar-refractivity contribution in [3.8, 4) is 5.75 Å². The Bertz CT molecular complexity index is 1240. The fourth-order valence-electron chi connectivity index (χ4n) is 6.66. The van der Waals surface area contributed by atoms with Crippen molar-refractivity contribution in [2.75, 3.05) is 16.3 Å². The van der Waals surface area contributed by atoms with Gasteiger partial charge < -0.3 is 9.64 Å². The monoisotopic (exact) mass is 472 g/mol. The average Bonchev–Trinajstić information content (AvgIpc) is 3.59. The minimum absolute atomic E-state index is 0.0845. The lowest BCUT2D eigenvalue weighted by molar-refractivity contribution is -0.139. The first kappa shape index (κ1) is 22.0. The van der Waals surface area contributed by atoms with Crippen molar-refractivity contribution in [1.82, 2.24) is 0 Å². The first-order valence-electron chi connectivity index (χ1n) is 12.4. The van der Waals surface area contributed by atoms with Crippen LogP contribution < -0.4 is 14.5 Å². The predicted octanol–water partition coefficient (Wildman–Crippen LogP) is 3.80. The minimum Gasteiger partial charge on any atom is -0.426 e. The number of esters is 1. The molecule has 0 unspecified atom stereocenters. The molecule has 4 fully saturated rings. The summed E-state index contributed by atoms with van der Waals surface area (Å²) in [5.74, 6) is -0.939. The van der Waals surface area contributed by atoms with E-state index in [1.165, 1.54) is 4.90 Å². The normalized spacial score (nSPS) is 29.3. The van der Waals surface area contributed by atoms with E-state index >= 15 is 0 Å². The zero-order valence-corrected chi connectivity index (χ0v) is 19.9. The lowest BCUT2D eigenvalue weighted by Crippen LogP contribution is -2.32. The average molecular weight is 473 g/mol. The molecule has 2 aliphatic heterocycles. The Morgan fingerprint density at radius 3 is 2.37 bits per heavy atom. The Hall–Kier alpha value is -3.48. The van der Waals surface area contributed by atoms with Gasteiger partial charge in [-0.2, -0.15) is 0 Å². The molecule has 180 valence electrons. The van der Waals surface area contributed by atoms with Gasteiger partial charge in [-0.05, 0) is 74.3 Å². The summed E-state index contributed by atoms with van der Waals surface area (Å²) >= 11 is 0. The molecule has 2 heterocycles. The van der Waals surface area contributed by atoms with Crippen LogP contribution in [0.3, 0.4) is 0 Å². The Morgan fingerprint density at radius 2 is 1.66 bits per heavy atom. The van der Waals surface area contributed by atoms with E-state index in [0.717, 1.165) is 36.1 Å². The number of carbonyl (C=O) groups is 4. The van der Waals surface area contributed by atoms with Crippen molar-refractivity contribution >= 4 is 35.1 Å². The molecule has 0 aromatic heterocycles. The van der Waals surface area contributed by atoms with Crippen LogP contribution in [0.25, 0.3) is 0 Å². The third-order valence-corrected chi connectivity index (χ3v) is 8.34. The van der Waals surface area contributed by atoms with E-state index in [4.69, 9.17) is 4.74 Å². The highest BCUT2D eigenvalue weighted by molar-refractivity contribution is 6.22. The summed E-state index contributed by atoms with van der Waals surface area (Å²) in [5.41, 5.74) is 3.28. The van der Waals surface area contributed by atoms with Crippen LogP contribution in [0.4, 0.5) is 11.4 Å². The molecule has 2 saturated carbocycles. The second kappa shape index (κ2) is 8.04. The molecule has 2 aromatic rings. The third kappa shape index (κ3) is 3.48. The molecule has 5 atom stereocenters. The fourth-order valence-corrected chi connectivity index (χ4v) is 6.66. The molecule has 6 rings (SSSR count). The molecule has 7 nitrogen and oxygen atoms in total. The standard InChI is InChI=1S/C28H28N2O5/c1-15-6-7-16(2)22(10-15)29-14-19(12-23(29)31)28(34)35-21-5-3-4-20(13-21)30-26(32)24-17-8-9-18(11-17)25(24)27(30)33/h3-7,10,13,17-19,24-25H,8-9,11-12,14H2,1-2H3/t17-,18-,19+,24+,25+/m0/s1. The smallest absolute Gasteiger partial charge is 0.316 e. The number of fused-ring (bicyclic) bond motifs is 5. The number of ether oxygens (including phenoxy) is 1. The Kier molecular flexibility index (Phi) is 5.06. The first-order valence-corrected chi connectivity index (χ1v) is 12.4.